The molecular formula is C13H14BrNO3. The maximum Gasteiger partial charge on any atom is 0.328 e. The highest BCUT2D eigenvalue weighted by Gasteiger charge is 2.13. The summed E-state index contributed by atoms with van der Waals surface area (Å²) in [6.07, 6.45) is 2.71. The summed E-state index contributed by atoms with van der Waals surface area (Å²) in [7, 11) is 0. The van der Waals surface area contributed by atoms with Gasteiger partial charge >= 0.3 is 5.97 Å². The Morgan fingerprint density at radius 2 is 2.11 bits per heavy atom. The minimum absolute atomic E-state index is 0.743. The van der Waals surface area contributed by atoms with Gasteiger partial charge in [-0.05, 0) is 39.7 Å². The van der Waals surface area contributed by atoms with E-state index < -0.39 is 5.97 Å². The summed E-state index contributed by atoms with van der Waals surface area (Å²) < 4.78 is 6.29. The zero-order valence-electron chi connectivity index (χ0n) is 9.80. The molecular weight excluding hydrogens is 298 g/mol. The lowest BCUT2D eigenvalue weighted by atomic mass is 10.1. The summed E-state index contributed by atoms with van der Waals surface area (Å²) in [5.74, 6) is -0.941. The van der Waals surface area contributed by atoms with Crippen molar-refractivity contribution in [2.75, 3.05) is 31.2 Å². The Labute approximate surface area is 114 Å². The molecule has 0 aromatic heterocycles. The van der Waals surface area contributed by atoms with Crippen LogP contribution in [0.5, 0.6) is 0 Å². The minimum atomic E-state index is -0.941. The first-order valence-corrected chi connectivity index (χ1v) is 6.49. The van der Waals surface area contributed by atoms with E-state index in [0.29, 0.717) is 0 Å². The normalized spacial score (nSPS) is 16.2. The second-order valence-corrected chi connectivity index (χ2v) is 4.84. The van der Waals surface area contributed by atoms with Crippen molar-refractivity contribution in [3.05, 3.63) is 34.3 Å². The third-order valence-electron chi connectivity index (χ3n) is 2.74. The SMILES string of the molecule is O=C(O)/C=C/c1ccc(N2CCOCC2)c(Br)c1. The van der Waals surface area contributed by atoms with Gasteiger partial charge in [0, 0.05) is 23.6 Å². The van der Waals surface area contributed by atoms with Gasteiger partial charge in [0.2, 0.25) is 0 Å². The van der Waals surface area contributed by atoms with E-state index in [2.05, 4.69) is 20.8 Å². The molecule has 18 heavy (non-hydrogen) atoms. The lowest BCUT2D eigenvalue weighted by molar-refractivity contribution is -0.131. The maximum absolute atomic E-state index is 10.5. The van der Waals surface area contributed by atoms with Crippen molar-refractivity contribution in [1.29, 1.82) is 0 Å². The Balaban J connectivity index is 2.16. The van der Waals surface area contributed by atoms with Crippen molar-refractivity contribution in [3.8, 4) is 0 Å². The highest BCUT2D eigenvalue weighted by atomic mass is 79.9. The van der Waals surface area contributed by atoms with E-state index in [1.807, 2.05) is 18.2 Å². The molecule has 1 aliphatic rings. The summed E-state index contributed by atoms with van der Waals surface area (Å²) in [5.41, 5.74) is 1.98. The van der Waals surface area contributed by atoms with Crippen molar-refractivity contribution in [2.45, 2.75) is 0 Å². The zero-order chi connectivity index (χ0) is 13.0. The van der Waals surface area contributed by atoms with Gasteiger partial charge in [0.1, 0.15) is 0 Å². The van der Waals surface area contributed by atoms with E-state index in [1.165, 1.54) is 0 Å². The van der Waals surface area contributed by atoms with Gasteiger partial charge in [0.25, 0.3) is 0 Å². The number of hydrogen-bond donors (Lipinski definition) is 1. The van der Waals surface area contributed by atoms with Gasteiger partial charge in [-0.15, -0.1) is 0 Å². The van der Waals surface area contributed by atoms with Crippen molar-refractivity contribution in [3.63, 3.8) is 0 Å². The fourth-order valence-electron chi connectivity index (χ4n) is 1.86. The number of aliphatic carboxylic acids is 1. The molecule has 4 nitrogen and oxygen atoms in total. The standard InChI is InChI=1S/C13H14BrNO3/c14-11-9-10(2-4-13(16)17)1-3-12(11)15-5-7-18-8-6-15/h1-4,9H,5-8H2,(H,16,17)/b4-2+. The molecule has 5 heteroatoms. The number of hydrogen-bond acceptors (Lipinski definition) is 3. The lowest BCUT2D eigenvalue weighted by Gasteiger charge is -2.29. The summed E-state index contributed by atoms with van der Waals surface area (Å²) in [4.78, 5) is 12.7. The highest BCUT2D eigenvalue weighted by Crippen LogP contribution is 2.28. The first-order valence-electron chi connectivity index (χ1n) is 5.70. The van der Waals surface area contributed by atoms with Crippen LogP contribution in [-0.2, 0) is 9.53 Å². The zero-order valence-corrected chi connectivity index (χ0v) is 11.4. The average molecular weight is 312 g/mol. The van der Waals surface area contributed by atoms with Crippen LogP contribution in [0.25, 0.3) is 6.08 Å². The molecule has 1 aromatic carbocycles. The Hall–Kier alpha value is -1.33. The van der Waals surface area contributed by atoms with E-state index in [1.54, 1.807) is 6.08 Å². The number of morpholine rings is 1. The van der Waals surface area contributed by atoms with Gasteiger partial charge in [-0.1, -0.05) is 6.07 Å². The van der Waals surface area contributed by atoms with E-state index in [0.717, 1.165) is 48.1 Å². The number of rotatable bonds is 3. The van der Waals surface area contributed by atoms with Gasteiger partial charge < -0.3 is 14.7 Å². The fraction of sp³-hybridized carbons (Fsp3) is 0.308. The number of halogens is 1. The van der Waals surface area contributed by atoms with Crippen molar-refractivity contribution < 1.29 is 14.6 Å². The molecule has 1 heterocycles. The van der Waals surface area contributed by atoms with Crippen LogP contribution in [0.2, 0.25) is 0 Å². The number of carboxylic acids is 1. The molecule has 0 atom stereocenters. The molecule has 96 valence electrons. The first kappa shape index (κ1) is 13.1. The molecule has 0 spiro atoms. The summed E-state index contributed by atoms with van der Waals surface area (Å²) >= 11 is 3.53. The van der Waals surface area contributed by atoms with E-state index in [-0.39, 0.29) is 0 Å². The summed E-state index contributed by atoms with van der Waals surface area (Å²) in [6.45, 7) is 3.24. The topological polar surface area (TPSA) is 49.8 Å². The third-order valence-corrected chi connectivity index (χ3v) is 3.38. The van der Waals surface area contributed by atoms with Crippen LogP contribution < -0.4 is 4.90 Å². The van der Waals surface area contributed by atoms with Crippen LogP contribution in [-0.4, -0.2) is 37.4 Å². The van der Waals surface area contributed by atoms with Gasteiger partial charge in [-0.25, -0.2) is 4.79 Å². The molecule has 0 unspecified atom stereocenters. The fourth-order valence-corrected chi connectivity index (χ4v) is 2.50. The van der Waals surface area contributed by atoms with Crippen molar-refractivity contribution >= 4 is 33.7 Å². The van der Waals surface area contributed by atoms with Crippen molar-refractivity contribution in [1.82, 2.24) is 0 Å². The monoisotopic (exact) mass is 311 g/mol. The first-order chi connectivity index (χ1) is 8.66. The van der Waals surface area contributed by atoms with Gasteiger partial charge in [0.15, 0.2) is 0 Å². The number of anilines is 1. The Kier molecular flexibility index (Phi) is 4.38. The predicted octanol–water partition coefficient (Wildman–Crippen LogP) is 2.38. The Bertz CT molecular complexity index is 467. The average Bonchev–Trinajstić information content (AvgIpc) is 2.37. The largest absolute Gasteiger partial charge is 0.478 e. The molecule has 0 radical (unpaired) electrons. The van der Waals surface area contributed by atoms with Crippen LogP contribution in [0.1, 0.15) is 5.56 Å². The molecule has 1 fully saturated rings. The van der Waals surface area contributed by atoms with Crippen LogP contribution in [0.15, 0.2) is 28.7 Å². The van der Waals surface area contributed by atoms with Crippen LogP contribution in [0, 0.1) is 0 Å². The van der Waals surface area contributed by atoms with Gasteiger partial charge in [0.05, 0.1) is 18.9 Å². The van der Waals surface area contributed by atoms with Gasteiger partial charge in [-0.2, -0.15) is 0 Å². The molecule has 0 bridgehead atoms. The minimum Gasteiger partial charge on any atom is -0.478 e. The van der Waals surface area contributed by atoms with E-state index in [9.17, 15) is 4.79 Å². The van der Waals surface area contributed by atoms with E-state index >= 15 is 0 Å². The number of ether oxygens (including phenoxy) is 1. The van der Waals surface area contributed by atoms with Crippen LogP contribution in [0.4, 0.5) is 5.69 Å². The molecule has 0 amide bonds. The predicted molar refractivity (Wildman–Crippen MR) is 73.8 cm³/mol. The number of carboxylic acid groups (broad SMARTS) is 1. The summed E-state index contributed by atoms with van der Waals surface area (Å²) in [6, 6.07) is 5.83. The molecule has 0 aliphatic carbocycles. The number of nitrogens with zero attached hydrogens (tertiary/aromatic N) is 1. The molecule has 1 aliphatic heterocycles. The van der Waals surface area contributed by atoms with Gasteiger partial charge in [-0.3, -0.25) is 0 Å². The third kappa shape index (κ3) is 3.34. The lowest BCUT2D eigenvalue weighted by Crippen LogP contribution is -2.36. The maximum atomic E-state index is 10.5. The van der Waals surface area contributed by atoms with E-state index in [4.69, 9.17) is 9.84 Å². The highest BCUT2D eigenvalue weighted by molar-refractivity contribution is 9.10. The van der Waals surface area contributed by atoms with Crippen LogP contribution >= 0.6 is 15.9 Å². The Morgan fingerprint density at radius 1 is 1.39 bits per heavy atom. The smallest absolute Gasteiger partial charge is 0.328 e. The van der Waals surface area contributed by atoms with Crippen LogP contribution in [0.3, 0.4) is 0 Å². The molecule has 1 saturated heterocycles. The summed E-state index contributed by atoms with van der Waals surface area (Å²) in [5, 5.41) is 8.58. The Morgan fingerprint density at radius 3 is 2.72 bits per heavy atom. The molecule has 0 saturated carbocycles. The molecule has 2 rings (SSSR count). The second kappa shape index (κ2) is 6.02. The quantitative estimate of drug-likeness (QED) is 0.871. The van der Waals surface area contributed by atoms with Crippen molar-refractivity contribution in [2.24, 2.45) is 0 Å². The molecule has 1 N–H and O–H groups in total. The number of benzene rings is 1. The molecule has 1 aromatic rings. The second-order valence-electron chi connectivity index (χ2n) is 3.98. The number of carbonyl (C=O) groups is 1.